The van der Waals surface area contributed by atoms with Gasteiger partial charge in [0.15, 0.2) is 0 Å². The van der Waals surface area contributed by atoms with E-state index in [4.69, 9.17) is 9.47 Å². The molecule has 1 unspecified atom stereocenters. The summed E-state index contributed by atoms with van der Waals surface area (Å²) < 4.78 is 9.77. The molecule has 0 N–H and O–H groups in total. The van der Waals surface area contributed by atoms with Gasteiger partial charge in [-0.2, -0.15) is 0 Å². The van der Waals surface area contributed by atoms with Crippen LogP contribution >= 0.6 is 0 Å². The molecule has 0 aliphatic rings. The fraction of sp³-hybridized carbons (Fsp3) is 0.769. The predicted octanol–water partition coefficient (Wildman–Crippen LogP) is 1.73. The van der Waals surface area contributed by atoms with Crippen LogP contribution < -0.4 is 0 Å². The number of esters is 2. The van der Waals surface area contributed by atoms with E-state index in [-0.39, 0.29) is 31.3 Å². The van der Waals surface area contributed by atoms with Crippen LogP contribution in [0.25, 0.3) is 0 Å². The van der Waals surface area contributed by atoms with Crippen LogP contribution in [0.4, 0.5) is 0 Å². The lowest BCUT2D eigenvalue weighted by molar-refractivity contribution is -0.169. The van der Waals surface area contributed by atoms with Gasteiger partial charge >= 0.3 is 11.9 Å². The van der Waals surface area contributed by atoms with E-state index >= 15 is 0 Å². The van der Waals surface area contributed by atoms with Crippen molar-refractivity contribution in [1.82, 2.24) is 0 Å². The maximum atomic E-state index is 12.0. The zero-order valence-electron chi connectivity index (χ0n) is 11.7. The first-order valence-corrected chi connectivity index (χ1v) is 6.16. The molecule has 0 aliphatic heterocycles. The minimum absolute atomic E-state index is 0.170. The molecule has 0 saturated carbocycles. The Morgan fingerprint density at radius 2 is 1.56 bits per heavy atom. The van der Waals surface area contributed by atoms with E-state index in [1.165, 1.54) is 6.92 Å². The lowest BCUT2D eigenvalue weighted by atomic mass is 9.71. The summed E-state index contributed by atoms with van der Waals surface area (Å²) in [5.41, 5.74) is -1.44. The van der Waals surface area contributed by atoms with E-state index in [0.717, 1.165) is 0 Å². The number of hydrogen-bond donors (Lipinski definition) is 0. The smallest absolute Gasteiger partial charge is 0.320 e. The first-order valence-electron chi connectivity index (χ1n) is 6.16. The summed E-state index contributed by atoms with van der Waals surface area (Å²) in [5.74, 6) is -1.92. The topological polar surface area (TPSA) is 69.7 Å². The summed E-state index contributed by atoms with van der Waals surface area (Å²) in [6, 6.07) is 0. The van der Waals surface area contributed by atoms with E-state index in [9.17, 15) is 14.4 Å². The summed E-state index contributed by atoms with van der Waals surface area (Å²) in [6.45, 7) is 8.46. The molecule has 0 rings (SSSR count). The number of hydrogen-bond acceptors (Lipinski definition) is 5. The molecule has 5 nitrogen and oxygen atoms in total. The van der Waals surface area contributed by atoms with Crippen molar-refractivity contribution >= 4 is 17.7 Å². The van der Waals surface area contributed by atoms with Gasteiger partial charge in [0.1, 0.15) is 11.2 Å². The molecule has 0 amide bonds. The molecule has 18 heavy (non-hydrogen) atoms. The van der Waals surface area contributed by atoms with Crippen molar-refractivity contribution in [3.8, 4) is 0 Å². The predicted molar refractivity (Wildman–Crippen MR) is 65.8 cm³/mol. The Labute approximate surface area is 108 Å². The first-order chi connectivity index (χ1) is 8.32. The fourth-order valence-electron chi connectivity index (χ4n) is 1.89. The highest BCUT2D eigenvalue weighted by molar-refractivity contribution is 6.05. The molecule has 0 heterocycles. The van der Waals surface area contributed by atoms with Gasteiger partial charge in [-0.05, 0) is 26.7 Å². The third-order valence-corrected chi connectivity index (χ3v) is 2.98. The lowest BCUT2D eigenvalue weighted by Crippen LogP contribution is -2.46. The van der Waals surface area contributed by atoms with Crippen LogP contribution in [0.5, 0.6) is 0 Å². The van der Waals surface area contributed by atoms with Crippen LogP contribution in [-0.2, 0) is 23.9 Å². The number of carbonyl (C=O) groups is 3. The molecule has 104 valence electrons. The third kappa shape index (κ3) is 3.55. The van der Waals surface area contributed by atoms with Crippen LogP contribution in [0.1, 0.15) is 41.0 Å². The van der Waals surface area contributed by atoms with E-state index in [1.807, 2.05) is 0 Å². The summed E-state index contributed by atoms with van der Waals surface area (Å²) in [5, 5.41) is 0. The Bertz CT molecular complexity index is 321. The maximum absolute atomic E-state index is 12.0. The van der Waals surface area contributed by atoms with Crippen molar-refractivity contribution in [2.45, 2.75) is 41.0 Å². The first kappa shape index (κ1) is 16.6. The largest absolute Gasteiger partial charge is 0.466 e. The van der Waals surface area contributed by atoms with Gasteiger partial charge in [0.2, 0.25) is 0 Å². The van der Waals surface area contributed by atoms with Gasteiger partial charge in [0.05, 0.1) is 19.6 Å². The number of Topliss-reactive ketones (excluding diaryl/α,β-unsaturated/α-hetero) is 1. The van der Waals surface area contributed by atoms with Crippen LogP contribution in [0, 0.1) is 11.3 Å². The van der Waals surface area contributed by atoms with Crippen molar-refractivity contribution in [3.05, 3.63) is 0 Å². The van der Waals surface area contributed by atoms with Gasteiger partial charge in [-0.3, -0.25) is 14.4 Å². The minimum Gasteiger partial charge on any atom is -0.466 e. The molecule has 0 radical (unpaired) electrons. The second-order valence-electron chi connectivity index (χ2n) is 4.38. The molecule has 0 saturated heterocycles. The van der Waals surface area contributed by atoms with Crippen molar-refractivity contribution < 1.29 is 23.9 Å². The number of carbonyl (C=O) groups excluding carboxylic acids is 3. The molecule has 0 aromatic rings. The lowest BCUT2D eigenvalue weighted by Gasteiger charge is -2.31. The molecule has 0 spiro atoms. The summed E-state index contributed by atoms with van der Waals surface area (Å²) in [4.78, 5) is 35.5. The van der Waals surface area contributed by atoms with Gasteiger partial charge in [0, 0.05) is 0 Å². The number of ketones is 1. The Hall–Kier alpha value is -1.39. The molecule has 5 heteroatoms. The van der Waals surface area contributed by atoms with Crippen molar-refractivity contribution in [1.29, 1.82) is 0 Å². The normalized spacial score (nSPS) is 13.9. The highest BCUT2D eigenvalue weighted by Crippen LogP contribution is 2.35. The zero-order valence-corrected chi connectivity index (χ0v) is 11.7. The second-order valence-corrected chi connectivity index (χ2v) is 4.38. The second kappa shape index (κ2) is 7.13. The Morgan fingerprint density at radius 1 is 1.06 bits per heavy atom. The van der Waals surface area contributed by atoms with Crippen molar-refractivity contribution in [2.75, 3.05) is 13.2 Å². The fourth-order valence-corrected chi connectivity index (χ4v) is 1.89. The molecule has 0 aliphatic carbocycles. The average Bonchev–Trinajstić information content (AvgIpc) is 2.25. The zero-order chi connectivity index (χ0) is 14.3. The van der Waals surface area contributed by atoms with Crippen LogP contribution in [0.3, 0.4) is 0 Å². The Balaban J connectivity index is 5.30. The standard InChI is InChI=1S/C13H22O5/c1-6-17-11(15)8-13(9(3)4,10(5)14)12(16)18-7-2/h9H,6-8H2,1-5H3. The van der Waals surface area contributed by atoms with E-state index in [0.29, 0.717) is 0 Å². The maximum Gasteiger partial charge on any atom is 0.320 e. The van der Waals surface area contributed by atoms with Gasteiger partial charge in [-0.1, -0.05) is 13.8 Å². The average molecular weight is 258 g/mol. The van der Waals surface area contributed by atoms with Gasteiger partial charge < -0.3 is 9.47 Å². The molecule has 0 fully saturated rings. The summed E-state index contributed by atoms with van der Waals surface area (Å²) >= 11 is 0. The van der Waals surface area contributed by atoms with Gasteiger partial charge in [-0.15, -0.1) is 0 Å². The monoisotopic (exact) mass is 258 g/mol. The van der Waals surface area contributed by atoms with E-state index < -0.39 is 17.4 Å². The van der Waals surface area contributed by atoms with E-state index in [1.54, 1.807) is 27.7 Å². The Morgan fingerprint density at radius 3 is 1.89 bits per heavy atom. The van der Waals surface area contributed by atoms with Crippen molar-refractivity contribution in [2.24, 2.45) is 11.3 Å². The Kier molecular flexibility index (Phi) is 6.58. The number of rotatable bonds is 7. The van der Waals surface area contributed by atoms with Crippen LogP contribution in [0.2, 0.25) is 0 Å². The number of ether oxygens (including phenoxy) is 2. The molecule has 0 aromatic heterocycles. The molecule has 0 bridgehead atoms. The highest BCUT2D eigenvalue weighted by Gasteiger charge is 2.49. The van der Waals surface area contributed by atoms with Crippen LogP contribution in [-0.4, -0.2) is 30.9 Å². The van der Waals surface area contributed by atoms with Crippen molar-refractivity contribution in [3.63, 3.8) is 0 Å². The SMILES string of the molecule is CCOC(=O)CC(C(C)=O)(C(=O)OCC)C(C)C. The van der Waals surface area contributed by atoms with E-state index in [2.05, 4.69) is 0 Å². The highest BCUT2D eigenvalue weighted by atomic mass is 16.5. The third-order valence-electron chi connectivity index (χ3n) is 2.98. The van der Waals surface area contributed by atoms with Gasteiger partial charge in [0.25, 0.3) is 0 Å². The molecule has 1 atom stereocenters. The molecule has 0 aromatic carbocycles. The quantitative estimate of drug-likeness (QED) is 0.514. The molecular formula is C13H22O5. The summed E-state index contributed by atoms with van der Waals surface area (Å²) in [6.07, 6.45) is -0.271. The minimum atomic E-state index is -1.44. The van der Waals surface area contributed by atoms with Gasteiger partial charge in [-0.25, -0.2) is 0 Å². The van der Waals surface area contributed by atoms with Crippen LogP contribution in [0.15, 0.2) is 0 Å². The summed E-state index contributed by atoms with van der Waals surface area (Å²) in [7, 11) is 0. The molecular weight excluding hydrogens is 236 g/mol.